The highest BCUT2D eigenvalue weighted by Gasteiger charge is 2.10. The van der Waals surface area contributed by atoms with E-state index in [2.05, 4.69) is 11.9 Å². The van der Waals surface area contributed by atoms with Crippen molar-refractivity contribution in [1.82, 2.24) is 4.90 Å². The molecule has 0 bridgehead atoms. The summed E-state index contributed by atoms with van der Waals surface area (Å²) >= 11 is 5.96. The van der Waals surface area contributed by atoms with Crippen LogP contribution in [-0.4, -0.2) is 30.4 Å². The molecule has 1 atom stereocenters. The van der Waals surface area contributed by atoms with E-state index in [4.69, 9.17) is 11.6 Å². The largest absolute Gasteiger partial charge is 0.306 e. The first kappa shape index (κ1) is 7.36. The van der Waals surface area contributed by atoms with Crippen molar-refractivity contribution in [2.45, 2.75) is 24.6 Å². The van der Waals surface area contributed by atoms with Gasteiger partial charge in [-0.1, -0.05) is 0 Å². The molecule has 1 rings (SSSR count). The van der Waals surface area contributed by atoms with Crippen LogP contribution < -0.4 is 0 Å². The molecule has 0 aromatic carbocycles. The van der Waals surface area contributed by atoms with E-state index in [1.54, 1.807) is 0 Å². The average molecular weight is 148 g/mol. The first-order valence-corrected chi connectivity index (χ1v) is 4.05. The Morgan fingerprint density at radius 2 is 2.11 bits per heavy atom. The van der Waals surface area contributed by atoms with Crippen LogP contribution in [0.2, 0.25) is 0 Å². The fourth-order valence-electron chi connectivity index (χ4n) is 1.20. The quantitative estimate of drug-likeness (QED) is 0.472. The minimum atomic E-state index is 0.440. The van der Waals surface area contributed by atoms with E-state index < -0.39 is 0 Å². The molecule has 9 heavy (non-hydrogen) atoms. The number of rotatable bonds is 0. The monoisotopic (exact) mass is 147 g/mol. The molecule has 1 saturated heterocycles. The summed E-state index contributed by atoms with van der Waals surface area (Å²) in [5.74, 6) is 0. The van der Waals surface area contributed by atoms with Gasteiger partial charge in [-0.2, -0.15) is 0 Å². The van der Waals surface area contributed by atoms with E-state index >= 15 is 0 Å². The summed E-state index contributed by atoms with van der Waals surface area (Å²) in [5, 5.41) is 0.440. The number of halogens is 1. The van der Waals surface area contributed by atoms with Gasteiger partial charge in [-0.25, -0.2) is 0 Å². The van der Waals surface area contributed by atoms with E-state index in [0.717, 1.165) is 6.42 Å². The number of nitrogens with zero attached hydrogens (tertiary/aromatic N) is 1. The summed E-state index contributed by atoms with van der Waals surface area (Å²) in [7, 11) is 2.16. The van der Waals surface area contributed by atoms with Crippen LogP contribution in [0, 0.1) is 0 Å². The highest BCUT2D eigenvalue weighted by Crippen LogP contribution is 2.14. The lowest BCUT2D eigenvalue weighted by Crippen LogP contribution is -2.18. The molecule has 0 spiro atoms. The second-order valence-corrected chi connectivity index (χ2v) is 3.45. The zero-order valence-electron chi connectivity index (χ0n) is 5.94. The molecule has 0 saturated carbocycles. The molecular formula is C7H14ClN. The van der Waals surface area contributed by atoms with Gasteiger partial charge in [-0.05, 0) is 39.4 Å². The van der Waals surface area contributed by atoms with Crippen LogP contribution in [0.4, 0.5) is 0 Å². The predicted molar refractivity (Wildman–Crippen MR) is 41.0 cm³/mol. The molecule has 54 valence electrons. The Bertz CT molecular complexity index is 75.0. The third-order valence-corrected chi connectivity index (χ3v) is 2.32. The van der Waals surface area contributed by atoms with Gasteiger partial charge in [0.1, 0.15) is 0 Å². The summed E-state index contributed by atoms with van der Waals surface area (Å²) in [6, 6.07) is 0. The first-order valence-electron chi connectivity index (χ1n) is 3.61. The number of hydrogen-bond acceptors (Lipinski definition) is 1. The summed E-state index contributed by atoms with van der Waals surface area (Å²) < 4.78 is 0. The van der Waals surface area contributed by atoms with Crippen LogP contribution in [0.3, 0.4) is 0 Å². The van der Waals surface area contributed by atoms with Crippen molar-refractivity contribution >= 4 is 11.6 Å². The van der Waals surface area contributed by atoms with Gasteiger partial charge in [-0.15, -0.1) is 11.6 Å². The van der Waals surface area contributed by atoms with Gasteiger partial charge in [0.25, 0.3) is 0 Å². The van der Waals surface area contributed by atoms with Crippen LogP contribution in [0.1, 0.15) is 19.3 Å². The van der Waals surface area contributed by atoms with Gasteiger partial charge in [-0.3, -0.25) is 0 Å². The summed E-state index contributed by atoms with van der Waals surface area (Å²) in [5.41, 5.74) is 0. The van der Waals surface area contributed by atoms with Crippen LogP contribution in [0.5, 0.6) is 0 Å². The average Bonchev–Trinajstić information content (AvgIpc) is 1.97. The lowest BCUT2D eigenvalue weighted by atomic mass is 10.2. The summed E-state index contributed by atoms with van der Waals surface area (Å²) in [4.78, 5) is 2.35. The third-order valence-electron chi connectivity index (χ3n) is 1.88. The molecule has 0 N–H and O–H groups in total. The molecule has 1 nitrogen and oxygen atoms in total. The molecule has 0 aliphatic carbocycles. The van der Waals surface area contributed by atoms with E-state index in [1.165, 1.54) is 25.9 Å². The highest BCUT2D eigenvalue weighted by molar-refractivity contribution is 6.20. The Kier molecular flexibility index (Phi) is 2.80. The van der Waals surface area contributed by atoms with Gasteiger partial charge >= 0.3 is 0 Å². The van der Waals surface area contributed by atoms with Gasteiger partial charge in [0.2, 0.25) is 0 Å². The molecule has 0 radical (unpaired) electrons. The van der Waals surface area contributed by atoms with Crippen molar-refractivity contribution in [3.8, 4) is 0 Å². The summed E-state index contributed by atoms with van der Waals surface area (Å²) in [6.45, 7) is 2.40. The van der Waals surface area contributed by atoms with Crippen LogP contribution >= 0.6 is 11.6 Å². The molecule has 1 aliphatic rings. The molecular weight excluding hydrogens is 134 g/mol. The molecule has 1 heterocycles. The Labute approximate surface area is 62.0 Å². The van der Waals surface area contributed by atoms with E-state index in [0.29, 0.717) is 5.38 Å². The molecule has 0 aromatic heterocycles. The number of alkyl halides is 1. The van der Waals surface area contributed by atoms with Crippen molar-refractivity contribution in [1.29, 1.82) is 0 Å². The van der Waals surface area contributed by atoms with Gasteiger partial charge < -0.3 is 4.90 Å². The van der Waals surface area contributed by atoms with Crippen molar-refractivity contribution in [2.24, 2.45) is 0 Å². The van der Waals surface area contributed by atoms with Crippen LogP contribution in [0.15, 0.2) is 0 Å². The fourth-order valence-corrected chi connectivity index (χ4v) is 1.45. The minimum Gasteiger partial charge on any atom is -0.306 e. The standard InChI is InChI=1S/C7H14ClN/c1-9-5-2-3-7(8)4-6-9/h7H,2-6H2,1H3/t7-/m1/s1. The zero-order chi connectivity index (χ0) is 6.69. The maximum atomic E-state index is 5.96. The van der Waals surface area contributed by atoms with Crippen molar-refractivity contribution in [2.75, 3.05) is 20.1 Å². The number of hydrogen-bond donors (Lipinski definition) is 0. The lowest BCUT2D eigenvalue weighted by Gasteiger charge is -2.10. The van der Waals surface area contributed by atoms with Crippen LogP contribution in [-0.2, 0) is 0 Å². The molecule has 1 aliphatic heterocycles. The predicted octanol–water partition coefficient (Wildman–Crippen LogP) is 1.71. The Morgan fingerprint density at radius 1 is 1.33 bits per heavy atom. The molecule has 0 amide bonds. The van der Waals surface area contributed by atoms with Gasteiger partial charge in [0.15, 0.2) is 0 Å². The number of likely N-dealkylation sites (tertiary alicyclic amines) is 1. The van der Waals surface area contributed by atoms with Crippen molar-refractivity contribution in [3.05, 3.63) is 0 Å². The fraction of sp³-hybridized carbons (Fsp3) is 1.00. The zero-order valence-corrected chi connectivity index (χ0v) is 6.69. The summed E-state index contributed by atoms with van der Waals surface area (Å²) in [6.07, 6.45) is 3.63. The smallest absolute Gasteiger partial charge is 0.0348 e. The van der Waals surface area contributed by atoms with Crippen molar-refractivity contribution < 1.29 is 0 Å². The normalized spacial score (nSPS) is 32.0. The molecule has 0 aromatic rings. The third kappa shape index (κ3) is 2.55. The second kappa shape index (κ2) is 3.43. The highest BCUT2D eigenvalue weighted by atomic mass is 35.5. The molecule has 2 heteroatoms. The SMILES string of the molecule is CN1CCC[C@@H](Cl)CC1. The van der Waals surface area contributed by atoms with E-state index in [1.807, 2.05) is 0 Å². The van der Waals surface area contributed by atoms with Gasteiger partial charge in [0, 0.05) is 5.38 Å². The Balaban J connectivity index is 2.25. The second-order valence-electron chi connectivity index (χ2n) is 2.83. The van der Waals surface area contributed by atoms with E-state index in [9.17, 15) is 0 Å². The molecule has 0 unspecified atom stereocenters. The maximum Gasteiger partial charge on any atom is 0.0348 e. The maximum absolute atomic E-state index is 5.96. The Hall–Kier alpha value is 0.250. The lowest BCUT2D eigenvalue weighted by molar-refractivity contribution is 0.349. The molecule has 1 fully saturated rings. The topological polar surface area (TPSA) is 3.24 Å². The minimum absolute atomic E-state index is 0.440. The van der Waals surface area contributed by atoms with Crippen molar-refractivity contribution in [3.63, 3.8) is 0 Å². The van der Waals surface area contributed by atoms with Crippen LogP contribution in [0.25, 0.3) is 0 Å². The Morgan fingerprint density at radius 3 is 2.89 bits per heavy atom. The first-order chi connectivity index (χ1) is 4.29. The van der Waals surface area contributed by atoms with E-state index in [-0.39, 0.29) is 0 Å². The van der Waals surface area contributed by atoms with Gasteiger partial charge in [0.05, 0.1) is 0 Å².